The number of ketones is 1. The van der Waals surface area contributed by atoms with Crippen LogP contribution in [-0.2, 0) is 30.0 Å². The fraction of sp³-hybridized carbons (Fsp3) is 0.200. The highest BCUT2D eigenvalue weighted by atomic mass is 16.5. The van der Waals surface area contributed by atoms with Gasteiger partial charge in [0.25, 0.3) is 0 Å². The fourth-order valence-corrected chi connectivity index (χ4v) is 8.92. The van der Waals surface area contributed by atoms with Crippen molar-refractivity contribution in [1.82, 2.24) is 0 Å². The maximum atomic E-state index is 16.1. The molecule has 0 aromatic heterocycles. The van der Waals surface area contributed by atoms with E-state index in [9.17, 15) is 4.79 Å². The zero-order valence-electron chi connectivity index (χ0n) is 29.7. The third-order valence-electron chi connectivity index (χ3n) is 10.9. The van der Waals surface area contributed by atoms with Crippen LogP contribution in [0.25, 0.3) is 11.1 Å². The normalized spacial score (nSPS) is 23.1. The first kappa shape index (κ1) is 33.8. The molecule has 1 saturated heterocycles. The van der Waals surface area contributed by atoms with Crippen molar-refractivity contribution in [2.24, 2.45) is 11.8 Å². The van der Waals surface area contributed by atoms with Gasteiger partial charge in [-0.05, 0) is 95.8 Å². The van der Waals surface area contributed by atoms with Crippen LogP contribution >= 0.6 is 0 Å². The summed E-state index contributed by atoms with van der Waals surface area (Å²) in [6.07, 6.45) is -0.313. The molecule has 5 aromatic carbocycles. The Hall–Kier alpha value is -6.28. The Morgan fingerprint density at radius 2 is 1.00 bits per heavy atom. The van der Waals surface area contributed by atoms with Crippen LogP contribution in [0.4, 0.5) is 5.69 Å². The van der Waals surface area contributed by atoms with Gasteiger partial charge in [-0.2, -0.15) is 0 Å². The summed E-state index contributed by atoms with van der Waals surface area (Å²) in [5.74, 6) is -2.59. The molecule has 3 aliphatic rings. The summed E-state index contributed by atoms with van der Waals surface area (Å²) in [5, 5.41) is 0. The summed E-state index contributed by atoms with van der Waals surface area (Å²) < 4.78 is 16.4. The highest BCUT2D eigenvalue weighted by Crippen LogP contribution is 2.74. The first-order valence-corrected chi connectivity index (χ1v) is 17.6. The molecule has 2 aliphatic carbocycles. The highest BCUT2D eigenvalue weighted by molar-refractivity contribution is 6.39. The molecule has 264 valence electrons. The van der Waals surface area contributed by atoms with E-state index in [1.807, 2.05) is 109 Å². The van der Waals surface area contributed by atoms with Gasteiger partial charge in [0.05, 0.1) is 54.2 Å². The second kappa shape index (κ2) is 12.7. The van der Waals surface area contributed by atoms with Crippen LogP contribution in [0.15, 0.2) is 133 Å². The van der Waals surface area contributed by atoms with Crippen LogP contribution in [0.2, 0.25) is 0 Å². The minimum Gasteiger partial charge on any atom is -0.497 e. The number of Topliss-reactive ketones (excluding diaryl/α,β-unsaturated/α-hetero) is 1. The van der Waals surface area contributed by atoms with Crippen molar-refractivity contribution in [1.29, 1.82) is 0 Å². The van der Waals surface area contributed by atoms with Crippen LogP contribution in [0.1, 0.15) is 46.5 Å². The number of nitrogens with zero attached hydrogens (tertiary/aromatic N) is 1. The van der Waals surface area contributed by atoms with Gasteiger partial charge in [-0.1, -0.05) is 84.9 Å². The van der Waals surface area contributed by atoms with Gasteiger partial charge >= 0.3 is 5.97 Å². The Morgan fingerprint density at radius 3 is 1.38 bits per heavy atom. The number of ether oxygens (including phenoxy) is 3. The number of carbonyl (C=O) groups excluding carboxylic acids is 4. The summed E-state index contributed by atoms with van der Waals surface area (Å²) in [6, 6.07) is 40.0. The molecule has 0 spiro atoms. The average molecular weight is 704 g/mol. The van der Waals surface area contributed by atoms with Crippen LogP contribution in [-0.4, -0.2) is 43.9 Å². The molecule has 1 saturated carbocycles. The van der Waals surface area contributed by atoms with Gasteiger partial charge in [0.15, 0.2) is 5.78 Å². The average Bonchev–Trinajstić information content (AvgIpc) is 3.70. The van der Waals surface area contributed by atoms with Crippen molar-refractivity contribution in [3.63, 3.8) is 0 Å². The van der Waals surface area contributed by atoms with E-state index in [4.69, 9.17) is 14.2 Å². The predicted molar refractivity (Wildman–Crippen MR) is 201 cm³/mol. The molecule has 53 heavy (non-hydrogen) atoms. The molecule has 2 fully saturated rings. The van der Waals surface area contributed by atoms with E-state index in [1.54, 1.807) is 52.3 Å². The predicted octanol–water partition coefficient (Wildman–Crippen LogP) is 7.46. The summed E-state index contributed by atoms with van der Waals surface area (Å²) in [4.78, 5) is 60.5. The van der Waals surface area contributed by atoms with E-state index in [0.29, 0.717) is 45.0 Å². The van der Waals surface area contributed by atoms with E-state index < -0.39 is 40.4 Å². The minimum atomic E-state index is -1.56. The molecule has 2 bridgehead atoms. The van der Waals surface area contributed by atoms with Gasteiger partial charge in [-0.3, -0.25) is 14.4 Å². The fourth-order valence-electron chi connectivity index (χ4n) is 8.92. The molecule has 0 radical (unpaired) electrons. The quantitative estimate of drug-likeness (QED) is 0.116. The van der Waals surface area contributed by atoms with Crippen molar-refractivity contribution in [3.05, 3.63) is 161 Å². The summed E-state index contributed by atoms with van der Waals surface area (Å²) in [7, 11) is 3.19. The van der Waals surface area contributed by atoms with E-state index in [-0.39, 0.29) is 11.9 Å². The number of rotatable bonds is 9. The lowest BCUT2D eigenvalue weighted by atomic mass is 9.59. The number of hydrogen-bond acceptors (Lipinski definition) is 7. The number of carbonyl (C=O) groups is 4. The molecular weight excluding hydrogens is 666 g/mol. The van der Waals surface area contributed by atoms with E-state index in [0.717, 1.165) is 11.1 Å². The van der Waals surface area contributed by atoms with Crippen LogP contribution in [0, 0.1) is 11.8 Å². The molecule has 8 nitrogen and oxygen atoms in total. The number of esters is 1. The maximum Gasteiger partial charge on any atom is 0.338 e. The lowest BCUT2D eigenvalue weighted by molar-refractivity contribution is -0.130. The van der Waals surface area contributed by atoms with E-state index in [2.05, 4.69) is 0 Å². The zero-order chi connectivity index (χ0) is 37.1. The minimum absolute atomic E-state index is 0.220. The Labute approximate surface area is 307 Å². The monoisotopic (exact) mass is 703 g/mol. The van der Waals surface area contributed by atoms with Gasteiger partial charge in [-0.25, -0.2) is 9.69 Å². The smallest absolute Gasteiger partial charge is 0.338 e. The third-order valence-corrected chi connectivity index (χ3v) is 10.9. The number of hydrogen-bond donors (Lipinski definition) is 0. The molecule has 5 aromatic rings. The molecular formula is C45H37NO7. The Kier molecular flexibility index (Phi) is 8.13. The first-order valence-electron chi connectivity index (χ1n) is 17.6. The number of fused-ring (bicyclic) bond motifs is 5. The van der Waals surface area contributed by atoms with Crippen molar-refractivity contribution in [2.45, 2.75) is 30.8 Å². The van der Waals surface area contributed by atoms with Crippen molar-refractivity contribution in [3.8, 4) is 11.5 Å². The van der Waals surface area contributed by atoms with Gasteiger partial charge in [0.2, 0.25) is 11.8 Å². The molecule has 8 heteroatoms. The lowest BCUT2D eigenvalue weighted by Crippen LogP contribution is -2.45. The molecule has 1 aliphatic heterocycles. The Bertz CT molecular complexity index is 2150. The van der Waals surface area contributed by atoms with Gasteiger partial charge in [0.1, 0.15) is 11.5 Å². The van der Waals surface area contributed by atoms with Gasteiger partial charge < -0.3 is 14.2 Å². The van der Waals surface area contributed by atoms with Crippen LogP contribution in [0.5, 0.6) is 11.5 Å². The highest BCUT2D eigenvalue weighted by Gasteiger charge is 2.82. The first-order chi connectivity index (χ1) is 25.7. The summed E-state index contributed by atoms with van der Waals surface area (Å²) in [5.41, 5.74) is 1.54. The van der Waals surface area contributed by atoms with Crippen molar-refractivity contribution in [2.75, 3.05) is 19.1 Å². The molecule has 2 amide bonds. The molecule has 8 rings (SSSR count). The molecule has 4 atom stereocenters. The second-order valence-electron chi connectivity index (χ2n) is 13.9. The van der Waals surface area contributed by atoms with Gasteiger partial charge in [0, 0.05) is 0 Å². The standard InChI is InChI=1S/C45H37NO7/c1-27(2)53-42(49)30-15-21-33(22-16-30)46-40(47)38-39(41(46)48)45(32-13-9-6-10-14-32)37(29-19-25-35(52-4)26-20-29)36(28-17-23-34(51-3)24-18-28)44(38,43(45)50)31-11-7-5-8-12-31/h5-27,38-39H,1-4H3/t38-,39-,44+,45+/m0/s1. The topological polar surface area (TPSA) is 99.2 Å². The second-order valence-corrected chi connectivity index (χ2v) is 13.9. The van der Waals surface area contributed by atoms with E-state index >= 15 is 14.4 Å². The number of amides is 2. The summed E-state index contributed by atoms with van der Waals surface area (Å²) >= 11 is 0. The Morgan fingerprint density at radius 1 is 0.585 bits per heavy atom. The number of benzene rings is 5. The van der Waals surface area contributed by atoms with Crippen molar-refractivity contribution >= 4 is 40.4 Å². The van der Waals surface area contributed by atoms with Crippen LogP contribution < -0.4 is 14.4 Å². The number of allylic oxidation sites excluding steroid dienone is 2. The van der Waals surface area contributed by atoms with Crippen LogP contribution in [0.3, 0.4) is 0 Å². The summed E-state index contributed by atoms with van der Waals surface area (Å²) in [6.45, 7) is 3.53. The molecule has 0 N–H and O–H groups in total. The lowest BCUT2D eigenvalue weighted by Gasteiger charge is -2.39. The Balaban J connectivity index is 1.45. The SMILES string of the molecule is COc1ccc(C2=C(c3ccc(OC)cc3)[C@@]3(c4ccccc4)C(=O)[C@@]2(c2ccccc2)[C@@H]2C(=O)N(c4ccc(C(=O)OC(C)C)cc4)C(=O)[C@H]23)cc1. The number of imide groups is 1. The zero-order valence-corrected chi connectivity index (χ0v) is 29.7. The maximum absolute atomic E-state index is 16.1. The number of anilines is 1. The van der Waals surface area contributed by atoms with E-state index in [1.165, 1.54) is 4.90 Å². The van der Waals surface area contributed by atoms with Gasteiger partial charge in [-0.15, -0.1) is 0 Å². The largest absolute Gasteiger partial charge is 0.497 e. The number of methoxy groups -OCH3 is 2. The molecule has 0 unspecified atom stereocenters. The third kappa shape index (κ3) is 4.74. The van der Waals surface area contributed by atoms with Crippen molar-refractivity contribution < 1.29 is 33.4 Å². The molecule has 1 heterocycles.